The summed E-state index contributed by atoms with van der Waals surface area (Å²) < 4.78 is 0. The molecular weight excluding hydrogens is 166 g/mol. The largest absolute Gasteiger partial charge is 0.392 e. The van der Waals surface area contributed by atoms with Crippen molar-refractivity contribution in [1.29, 1.82) is 0 Å². The standard InChI is InChI=1S/C10H13NO2/c1-7-3-8(2)10(11-6-13)4-9(7)5-12/h3-4,6,12H,5H2,1-2H3,(H,11,13). The van der Waals surface area contributed by atoms with Gasteiger partial charge in [-0.15, -0.1) is 0 Å². The van der Waals surface area contributed by atoms with Gasteiger partial charge in [-0.05, 0) is 36.6 Å². The molecule has 0 heterocycles. The summed E-state index contributed by atoms with van der Waals surface area (Å²) in [5.74, 6) is 0. The van der Waals surface area contributed by atoms with Crippen LogP contribution in [0.5, 0.6) is 0 Å². The maximum atomic E-state index is 10.2. The molecule has 0 spiro atoms. The third-order valence-electron chi connectivity index (χ3n) is 2.07. The molecule has 1 aromatic rings. The van der Waals surface area contributed by atoms with Gasteiger partial charge in [0.2, 0.25) is 6.41 Å². The molecule has 1 amide bonds. The lowest BCUT2D eigenvalue weighted by Gasteiger charge is -2.09. The van der Waals surface area contributed by atoms with Gasteiger partial charge in [-0.1, -0.05) is 6.07 Å². The van der Waals surface area contributed by atoms with Gasteiger partial charge in [-0.3, -0.25) is 4.79 Å². The third-order valence-corrected chi connectivity index (χ3v) is 2.07. The van der Waals surface area contributed by atoms with Gasteiger partial charge in [-0.2, -0.15) is 0 Å². The minimum Gasteiger partial charge on any atom is -0.392 e. The van der Waals surface area contributed by atoms with E-state index in [4.69, 9.17) is 5.11 Å². The van der Waals surface area contributed by atoms with Crippen molar-refractivity contribution in [3.63, 3.8) is 0 Å². The number of aliphatic hydroxyl groups is 1. The van der Waals surface area contributed by atoms with Crippen LogP contribution in [0.4, 0.5) is 5.69 Å². The quantitative estimate of drug-likeness (QED) is 0.688. The average molecular weight is 179 g/mol. The number of carbonyl (C=O) groups is 1. The summed E-state index contributed by atoms with van der Waals surface area (Å²) in [6.07, 6.45) is 0.638. The van der Waals surface area contributed by atoms with Crippen molar-refractivity contribution >= 4 is 12.1 Å². The van der Waals surface area contributed by atoms with Crippen LogP contribution in [-0.4, -0.2) is 11.5 Å². The topological polar surface area (TPSA) is 49.3 Å². The molecule has 0 fully saturated rings. The van der Waals surface area contributed by atoms with E-state index in [2.05, 4.69) is 5.32 Å². The predicted octanol–water partition coefficient (Wildman–Crippen LogP) is 1.36. The molecule has 0 aliphatic carbocycles. The van der Waals surface area contributed by atoms with E-state index >= 15 is 0 Å². The van der Waals surface area contributed by atoms with Crippen LogP contribution in [0.1, 0.15) is 16.7 Å². The molecule has 1 rings (SSSR count). The summed E-state index contributed by atoms with van der Waals surface area (Å²) in [4.78, 5) is 10.2. The highest BCUT2D eigenvalue weighted by molar-refractivity contribution is 5.74. The van der Waals surface area contributed by atoms with Gasteiger partial charge in [0.25, 0.3) is 0 Å². The summed E-state index contributed by atoms with van der Waals surface area (Å²) in [5.41, 5.74) is 3.64. The number of anilines is 1. The van der Waals surface area contributed by atoms with E-state index < -0.39 is 0 Å². The maximum Gasteiger partial charge on any atom is 0.211 e. The average Bonchev–Trinajstić information content (AvgIpc) is 2.10. The highest BCUT2D eigenvalue weighted by Gasteiger charge is 2.02. The molecule has 70 valence electrons. The molecule has 0 aliphatic heterocycles. The molecular formula is C10H13NO2. The summed E-state index contributed by atoms with van der Waals surface area (Å²) in [6.45, 7) is 3.85. The molecule has 0 aliphatic rings. The van der Waals surface area contributed by atoms with Crippen LogP contribution in [0.25, 0.3) is 0 Å². The fourth-order valence-electron chi connectivity index (χ4n) is 1.29. The molecule has 0 radical (unpaired) electrons. The van der Waals surface area contributed by atoms with Crippen LogP contribution in [0.2, 0.25) is 0 Å². The number of aliphatic hydroxyl groups excluding tert-OH is 1. The van der Waals surface area contributed by atoms with Crippen LogP contribution in [0.3, 0.4) is 0 Å². The maximum absolute atomic E-state index is 10.2. The lowest BCUT2D eigenvalue weighted by Crippen LogP contribution is -1.99. The van der Waals surface area contributed by atoms with Crippen LogP contribution < -0.4 is 5.32 Å². The Morgan fingerprint density at radius 1 is 1.38 bits per heavy atom. The Bertz CT molecular complexity index is 321. The summed E-state index contributed by atoms with van der Waals surface area (Å²) in [5, 5.41) is 11.6. The van der Waals surface area contributed by atoms with E-state index in [1.165, 1.54) is 0 Å². The number of nitrogens with one attached hydrogen (secondary N) is 1. The normalized spacial score (nSPS) is 9.77. The lowest BCUT2D eigenvalue weighted by molar-refractivity contribution is -0.105. The van der Waals surface area contributed by atoms with Crippen molar-refractivity contribution in [2.45, 2.75) is 20.5 Å². The first-order valence-electron chi connectivity index (χ1n) is 4.10. The molecule has 13 heavy (non-hydrogen) atoms. The number of hydrogen-bond donors (Lipinski definition) is 2. The number of amides is 1. The molecule has 0 aromatic heterocycles. The zero-order valence-electron chi connectivity index (χ0n) is 7.79. The highest BCUT2D eigenvalue weighted by Crippen LogP contribution is 2.19. The van der Waals surface area contributed by atoms with Gasteiger partial charge in [-0.25, -0.2) is 0 Å². The summed E-state index contributed by atoms with van der Waals surface area (Å²) in [7, 11) is 0. The highest BCUT2D eigenvalue weighted by atomic mass is 16.3. The smallest absolute Gasteiger partial charge is 0.211 e. The Morgan fingerprint density at radius 3 is 2.62 bits per heavy atom. The Morgan fingerprint density at radius 2 is 2.08 bits per heavy atom. The van der Waals surface area contributed by atoms with E-state index in [1.807, 2.05) is 19.9 Å². The third kappa shape index (κ3) is 2.06. The molecule has 0 bridgehead atoms. The molecule has 0 saturated carbocycles. The lowest BCUT2D eigenvalue weighted by atomic mass is 10.0. The van der Waals surface area contributed by atoms with Crippen LogP contribution in [0.15, 0.2) is 12.1 Å². The van der Waals surface area contributed by atoms with Crippen LogP contribution >= 0.6 is 0 Å². The van der Waals surface area contributed by atoms with Crippen LogP contribution in [0, 0.1) is 13.8 Å². The van der Waals surface area contributed by atoms with Crippen LogP contribution in [-0.2, 0) is 11.4 Å². The molecule has 0 saturated heterocycles. The fourth-order valence-corrected chi connectivity index (χ4v) is 1.29. The molecule has 2 N–H and O–H groups in total. The number of carbonyl (C=O) groups excluding carboxylic acids is 1. The van der Waals surface area contributed by atoms with Crippen molar-refractivity contribution in [3.05, 3.63) is 28.8 Å². The summed E-state index contributed by atoms with van der Waals surface area (Å²) >= 11 is 0. The SMILES string of the molecule is Cc1cc(C)c(NC=O)cc1CO. The van der Waals surface area contributed by atoms with E-state index in [0.29, 0.717) is 6.41 Å². The van der Waals surface area contributed by atoms with Gasteiger partial charge in [0.15, 0.2) is 0 Å². The molecule has 0 unspecified atom stereocenters. The van der Waals surface area contributed by atoms with Gasteiger partial charge in [0, 0.05) is 5.69 Å². The molecule has 3 heteroatoms. The monoisotopic (exact) mass is 179 g/mol. The number of rotatable bonds is 3. The van der Waals surface area contributed by atoms with Gasteiger partial charge in [0.05, 0.1) is 6.61 Å². The second-order valence-corrected chi connectivity index (χ2v) is 3.01. The van der Waals surface area contributed by atoms with Gasteiger partial charge in [0.1, 0.15) is 0 Å². The summed E-state index contributed by atoms with van der Waals surface area (Å²) in [6, 6.07) is 3.73. The molecule has 3 nitrogen and oxygen atoms in total. The van der Waals surface area contributed by atoms with E-state index in [9.17, 15) is 4.79 Å². The first-order chi connectivity index (χ1) is 6.19. The van der Waals surface area contributed by atoms with E-state index in [0.717, 1.165) is 22.4 Å². The number of benzene rings is 1. The Labute approximate surface area is 77.4 Å². The minimum absolute atomic E-state index is 0.000347. The first kappa shape index (κ1) is 9.74. The minimum atomic E-state index is -0.000347. The Hall–Kier alpha value is -1.35. The number of hydrogen-bond acceptors (Lipinski definition) is 2. The zero-order valence-corrected chi connectivity index (χ0v) is 7.79. The Kier molecular flexibility index (Phi) is 3.03. The number of aryl methyl sites for hydroxylation is 2. The zero-order chi connectivity index (χ0) is 9.84. The van der Waals surface area contributed by atoms with Gasteiger partial charge < -0.3 is 10.4 Å². The van der Waals surface area contributed by atoms with Crippen molar-refractivity contribution < 1.29 is 9.90 Å². The van der Waals surface area contributed by atoms with E-state index in [1.54, 1.807) is 6.07 Å². The first-order valence-corrected chi connectivity index (χ1v) is 4.10. The molecule has 0 atom stereocenters. The van der Waals surface area contributed by atoms with Crippen molar-refractivity contribution in [2.75, 3.05) is 5.32 Å². The second kappa shape index (κ2) is 4.05. The van der Waals surface area contributed by atoms with Crippen molar-refractivity contribution in [2.24, 2.45) is 0 Å². The predicted molar refractivity (Wildman–Crippen MR) is 51.5 cm³/mol. The van der Waals surface area contributed by atoms with Crippen molar-refractivity contribution in [1.82, 2.24) is 0 Å². The fraction of sp³-hybridized carbons (Fsp3) is 0.300. The van der Waals surface area contributed by atoms with Gasteiger partial charge >= 0.3 is 0 Å². The van der Waals surface area contributed by atoms with E-state index in [-0.39, 0.29) is 6.61 Å². The molecule has 1 aromatic carbocycles. The van der Waals surface area contributed by atoms with Crippen molar-refractivity contribution in [3.8, 4) is 0 Å². The second-order valence-electron chi connectivity index (χ2n) is 3.01. The Balaban J connectivity index is 3.13.